The van der Waals surface area contributed by atoms with E-state index in [1.54, 1.807) is 0 Å². The number of rotatable bonds is 9. The number of hydrogen-bond donors (Lipinski definition) is 0. The Balaban J connectivity index is 2.29. The van der Waals surface area contributed by atoms with Crippen LogP contribution < -0.4 is 0 Å². The molecular formula is C16H19Cl3O4. The minimum atomic E-state index is -0.423. The quantitative estimate of drug-likeness (QED) is 0.435. The predicted molar refractivity (Wildman–Crippen MR) is 91.0 cm³/mol. The SMILES string of the molecule is CCCCOC(=O)CCCC(=O)OCc1c(Cl)cc(Cl)cc1Cl. The van der Waals surface area contributed by atoms with Crippen molar-refractivity contribution >= 4 is 46.7 Å². The van der Waals surface area contributed by atoms with Crippen molar-refractivity contribution in [3.63, 3.8) is 0 Å². The van der Waals surface area contributed by atoms with Gasteiger partial charge >= 0.3 is 11.9 Å². The van der Waals surface area contributed by atoms with Crippen molar-refractivity contribution in [3.8, 4) is 0 Å². The van der Waals surface area contributed by atoms with Gasteiger partial charge in [-0.05, 0) is 25.0 Å². The molecule has 0 N–H and O–H groups in total. The Hall–Kier alpha value is -0.970. The maximum absolute atomic E-state index is 11.7. The molecule has 0 unspecified atom stereocenters. The highest BCUT2D eigenvalue weighted by atomic mass is 35.5. The van der Waals surface area contributed by atoms with Gasteiger partial charge in [-0.1, -0.05) is 48.1 Å². The van der Waals surface area contributed by atoms with Gasteiger partial charge in [0.05, 0.1) is 16.7 Å². The summed E-state index contributed by atoms with van der Waals surface area (Å²) in [5.41, 5.74) is 0.505. The highest BCUT2D eigenvalue weighted by Gasteiger charge is 2.12. The molecule has 0 saturated heterocycles. The molecule has 0 saturated carbocycles. The predicted octanol–water partition coefficient (Wildman–Crippen LogP) is 5.20. The van der Waals surface area contributed by atoms with E-state index >= 15 is 0 Å². The molecule has 4 nitrogen and oxygen atoms in total. The van der Waals surface area contributed by atoms with Crippen molar-refractivity contribution in [1.29, 1.82) is 0 Å². The Bertz CT molecular complexity index is 523. The molecule has 23 heavy (non-hydrogen) atoms. The molecule has 0 bridgehead atoms. The van der Waals surface area contributed by atoms with Crippen LogP contribution in [0.2, 0.25) is 15.1 Å². The van der Waals surface area contributed by atoms with Crippen LogP contribution in [0.1, 0.15) is 44.6 Å². The van der Waals surface area contributed by atoms with Crippen LogP contribution in [-0.4, -0.2) is 18.5 Å². The number of benzene rings is 1. The van der Waals surface area contributed by atoms with E-state index in [2.05, 4.69) is 0 Å². The number of hydrogen-bond acceptors (Lipinski definition) is 4. The summed E-state index contributed by atoms with van der Waals surface area (Å²) in [5.74, 6) is -0.719. The zero-order valence-electron chi connectivity index (χ0n) is 12.9. The van der Waals surface area contributed by atoms with Crippen LogP contribution in [0.25, 0.3) is 0 Å². The molecule has 0 fully saturated rings. The first-order valence-corrected chi connectivity index (χ1v) is 8.52. The molecule has 1 aromatic carbocycles. The van der Waals surface area contributed by atoms with Gasteiger partial charge in [-0.3, -0.25) is 9.59 Å². The van der Waals surface area contributed by atoms with Crippen LogP contribution in [0, 0.1) is 0 Å². The Morgan fingerprint density at radius 2 is 1.52 bits per heavy atom. The second-order valence-electron chi connectivity index (χ2n) is 4.94. The topological polar surface area (TPSA) is 52.6 Å². The Morgan fingerprint density at radius 3 is 2.09 bits per heavy atom. The zero-order chi connectivity index (χ0) is 17.2. The fourth-order valence-corrected chi connectivity index (χ4v) is 2.64. The van der Waals surface area contributed by atoms with Crippen molar-refractivity contribution < 1.29 is 19.1 Å². The first-order valence-electron chi connectivity index (χ1n) is 7.38. The summed E-state index contributed by atoms with van der Waals surface area (Å²) in [5, 5.41) is 1.10. The fourth-order valence-electron chi connectivity index (χ4n) is 1.71. The number of esters is 2. The Labute approximate surface area is 151 Å². The molecule has 0 atom stereocenters. The largest absolute Gasteiger partial charge is 0.466 e. The lowest BCUT2D eigenvalue weighted by atomic mass is 10.2. The summed E-state index contributed by atoms with van der Waals surface area (Å²) >= 11 is 17.8. The highest BCUT2D eigenvalue weighted by Crippen LogP contribution is 2.29. The molecule has 128 valence electrons. The Kier molecular flexibility index (Phi) is 9.37. The molecule has 1 rings (SSSR count). The summed E-state index contributed by atoms with van der Waals surface area (Å²) in [6.07, 6.45) is 2.52. The normalized spacial score (nSPS) is 10.4. The average molecular weight is 382 g/mol. The van der Waals surface area contributed by atoms with E-state index in [0.29, 0.717) is 33.7 Å². The molecule has 0 spiro atoms. The number of carbonyl (C=O) groups excluding carboxylic acids is 2. The van der Waals surface area contributed by atoms with Crippen LogP contribution >= 0.6 is 34.8 Å². The van der Waals surface area contributed by atoms with Crippen LogP contribution in [0.5, 0.6) is 0 Å². The van der Waals surface area contributed by atoms with Gasteiger partial charge in [0.25, 0.3) is 0 Å². The highest BCUT2D eigenvalue weighted by molar-refractivity contribution is 6.39. The molecule has 0 aliphatic heterocycles. The summed E-state index contributed by atoms with van der Waals surface area (Å²) < 4.78 is 10.1. The van der Waals surface area contributed by atoms with Gasteiger partial charge in [-0.15, -0.1) is 0 Å². The van der Waals surface area contributed by atoms with E-state index in [-0.39, 0.29) is 25.4 Å². The van der Waals surface area contributed by atoms with Crippen LogP contribution in [0.3, 0.4) is 0 Å². The van der Waals surface area contributed by atoms with Crippen molar-refractivity contribution in [1.82, 2.24) is 0 Å². The third kappa shape index (κ3) is 7.91. The molecule has 0 radical (unpaired) electrons. The number of halogens is 3. The molecular weight excluding hydrogens is 363 g/mol. The summed E-state index contributed by atoms with van der Waals surface area (Å²) in [6.45, 7) is 2.41. The second kappa shape index (κ2) is 10.7. The monoisotopic (exact) mass is 380 g/mol. The van der Waals surface area contributed by atoms with Crippen molar-refractivity contribution in [2.24, 2.45) is 0 Å². The molecule has 0 aromatic heterocycles. The molecule has 7 heteroatoms. The maximum Gasteiger partial charge on any atom is 0.306 e. The van der Waals surface area contributed by atoms with E-state index in [0.717, 1.165) is 12.8 Å². The van der Waals surface area contributed by atoms with E-state index in [4.69, 9.17) is 44.3 Å². The van der Waals surface area contributed by atoms with Crippen LogP contribution in [0.4, 0.5) is 0 Å². The lowest BCUT2D eigenvalue weighted by molar-refractivity contribution is -0.146. The second-order valence-corrected chi connectivity index (χ2v) is 6.19. The minimum absolute atomic E-state index is 0.0331. The summed E-state index contributed by atoms with van der Waals surface area (Å²) in [4.78, 5) is 23.0. The third-order valence-electron chi connectivity index (χ3n) is 3.01. The van der Waals surface area contributed by atoms with Gasteiger partial charge < -0.3 is 9.47 Å². The number of carbonyl (C=O) groups is 2. The lowest BCUT2D eigenvalue weighted by Gasteiger charge is -2.09. The smallest absolute Gasteiger partial charge is 0.306 e. The number of ether oxygens (including phenoxy) is 2. The van der Waals surface area contributed by atoms with Crippen molar-refractivity contribution in [2.75, 3.05) is 6.61 Å². The van der Waals surface area contributed by atoms with Gasteiger partial charge in [-0.2, -0.15) is 0 Å². The summed E-state index contributed by atoms with van der Waals surface area (Å²) in [6, 6.07) is 3.06. The molecule has 0 heterocycles. The van der Waals surface area contributed by atoms with E-state index in [1.807, 2.05) is 6.92 Å². The van der Waals surface area contributed by atoms with Gasteiger partial charge in [0.15, 0.2) is 0 Å². The summed E-state index contributed by atoms with van der Waals surface area (Å²) in [7, 11) is 0. The lowest BCUT2D eigenvalue weighted by Crippen LogP contribution is -2.09. The molecule has 0 aliphatic rings. The molecule has 0 amide bonds. The zero-order valence-corrected chi connectivity index (χ0v) is 15.1. The van der Waals surface area contributed by atoms with Gasteiger partial charge in [-0.25, -0.2) is 0 Å². The van der Waals surface area contributed by atoms with Gasteiger partial charge in [0, 0.05) is 23.4 Å². The fraction of sp³-hybridized carbons (Fsp3) is 0.500. The first-order chi connectivity index (χ1) is 10.9. The first kappa shape index (κ1) is 20.1. The average Bonchev–Trinajstić information content (AvgIpc) is 2.46. The van der Waals surface area contributed by atoms with Crippen LogP contribution in [0.15, 0.2) is 12.1 Å². The molecule has 1 aromatic rings. The van der Waals surface area contributed by atoms with Crippen molar-refractivity contribution in [2.45, 2.75) is 45.6 Å². The number of unbranched alkanes of at least 4 members (excludes halogenated alkanes) is 1. The maximum atomic E-state index is 11.7. The van der Waals surface area contributed by atoms with Crippen LogP contribution in [-0.2, 0) is 25.7 Å². The standard InChI is InChI=1S/C16H19Cl3O4/c1-2-3-7-22-15(20)5-4-6-16(21)23-10-12-13(18)8-11(17)9-14(12)19/h8-9H,2-7,10H2,1H3. The van der Waals surface area contributed by atoms with Crippen molar-refractivity contribution in [3.05, 3.63) is 32.8 Å². The van der Waals surface area contributed by atoms with E-state index < -0.39 is 5.97 Å². The minimum Gasteiger partial charge on any atom is -0.466 e. The van der Waals surface area contributed by atoms with Gasteiger partial charge in [0.1, 0.15) is 6.61 Å². The van der Waals surface area contributed by atoms with E-state index in [1.165, 1.54) is 12.1 Å². The van der Waals surface area contributed by atoms with Gasteiger partial charge in [0.2, 0.25) is 0 Å². The van der Waals surface area contributed by atoms with E-state index in [9.17, 15) is 9.59 Å². The Morgan fingerprint density at radius 1 is 0.957 bits per heavy atom. The molecule has 0 aliphatic carbocycles. The third-order valence-corrected chi connectivity index (χ3v) is 3.90.